The lowest BCUT2D eigenvalue weighted by Crippen LogP contribution is -2.54. The zero-order chi connectivity index (χ0) is 10.9. The fraction of sp³-hybridized carbons (Fsp3) is 1.00. The number of likely N-dealkylation sites (tertiary alicyclic amines) is 2. The Labute approximate surface area is 92.4 Å². The van der Waals surface area contributed by atoms with Crippen molar-refractivity contribution < 1.29 is 4.74 Å². The van der Waals surface area contributed by atoms with E-state index < -0.39 is 0 Å². The van der Waals surface area contributed by atoms with Gasteiger partial charge < -0.3 is 15.4 Å². The number of likely N-dealkylation sites (N-methyl/N-ethyl adjacent to an activating group) is 1. The molecule has 88 valence electrons. The van der Waals surface area contributed by atoms with Crippen molar-refractivity contribution in [1.82, 2.24) is 9.80 Å². The molecule has 2 saturated heterocycles. The second kappa shape index (κ2) is 4.37. The van der Waals surface area contributed by atoms with Crippen molar-refractivity contribution >= 4 is 0 Å². The lowest BCUT2D eigenvalue weighted by Gasteiger charge is -2.37. The van der Waals surface area contributed by atoms with Gasteiger partial charge in [0.1, 0.15) is 0 Å². The van der Waals surface area contributed by atoms with Gasteiger partial charge in [0.15, 0.2) is 0 Å². The molecule has 4 nitrogen and oxygen atoms in total. The van der Waals surface area contributed by atoms with E-state index in [1.54, 1.807) is 0 Å². The third-order valence-corrected chi connectivity index (χ3v) is 4.05. The van der Waals surface area contributed by atoms with E-state index in [0.29, 0.717) is 6.10 Å². The Kier molecular flexibility index (Phi) is 3.30. The SMILES string of the molecule is COC1CCN(C2(CN)CCN(C)C2)C1. The summed E-state index contributed by atoms with van der Waals surface area (Å²) in [6, 6.07) is 0. The molecule has 0 amide bonds. The van der Waals surface area contributed by atoms with Crippen LogP contribution in [0.3, 0.4) is 0 Å². The molecule has 0 saturated carbocycles. The number of rotatable bonds is 3. The number of ether oxygens (including phenoxy) is 1. The molecule has 2 unspecified atom stereocenters. The van der Waals surface area contributed by atoms with Crippen LogP contribution in [0.2, 0.25) is 0 Å². The zero-order valence-electron chi connectivity index (χ0n) is 9.91. The van der Waals surface area contributed by atoms with Crippen molar-refractivity contribution in [1.29, 1.82) is 0 Å². The molecule has 0 aromatic heterocycles. The van der Waals surface area contributed by atoms with Gasteiger partial charge in [0.05, 0.1) is 6.10 Å². The lowest BCUT2D eigenvalue weighted by atomic mass is 9.97. The van der Waals surface area contributed by atoms with Crippen molar-refractivity contribution in [2.45, 2.75) is 24.5 Å². The largest absolute Gasteiger partial charge is 0.380 e. The highest BCUT2D eigenvalue weighted by atomic mass is 16.5. The van der Waals surface area contributed by atoms with Crippen LogP contribution in [0.5, 0.6) is 0 Å². The molecule has 0 aromatic rings. The van der Waals surface area contributed by atoms with Gasteiger partial charge in [-0.3, -0.25) is 4.90 Å². The molecule has 15 heavy (non-hydrogen) atoms. The van der Waals surface area contributed by atoms with Crippen LogP contribution in [-0.4, -0.2) is 68.3 Å². The van der Waals surface area contributed by atoms with Crippen LogP contribution in [0.1, 0.15) is 12.8 Å². The van der Waals surface area contributed by atoms with Gasteiger partial charge >= 0.3 is 0 Å². The first-order chi connectivity index (χ1) is 7.20. The van der Waals surface area contributed by atoms with Crippen LogP contribution in [0, 0.1) is 0 Å². The first-order valence-electron chi connectivity index (χ1n) is 5.87. The van der Waals surface area contributed by atoms with E-state index in [2.05, 4.69) is 16.8 Å². The standard InChI is InChI=1S/C11H23N3O/c1-13-6-4-11(8-12,9-13)14-5-3-10(7-14)15-2/h10H,3-9,12H2,1-2H3. The Morgan fingerprint density at radius 2 is 2.27 bits per heavy atom. The molecule has 4 heteroatoms. The van der Waals surface area contributed by atoms with Gasteiger partial charge in [0, 0.05) is 38.8 Å². The van der Waals surface area contributed by atoms with Crippen LogP contribution in [0.25, 0.3) is 0 Å². The summed E-state index contributed by atoms with van der Waals surface area (Å²) in [5.74, 6) is 0. The van der Waals surface area contributed by atoms with Crippen LogP contribution < -0.4 is 5.73 Å². The second-order valence-electron chi connectivity index (χ2n) is 5.01. The van der Waals surface area contributed by atoms with E-state index in [0.717, 1.165) is 32.6 Å². The number of nitrogens with zero attached hydrogens (tertiary/aromatic N) is 2. The number of methoxy groups -OCH3 is 1. The molecule has 2 fully saturated rings. The van der Waals surface area contributed by atoms with Gasteiger partial charge in [-0.05, 0) is 26.4 Å². The van der Waals surface area contributed by atoms with Gasteiger partial charge in [-0.15, -0.1) is 0 Å². The van der Waals surface area contributed by atoms with Crippen molar-refractivity contribution in [3.63, 3.8) is 0 Å². The van der Waals surface area contributed by atoms with E-state index in [1.165, 1.54) is 13.0 Å². The van der Waals surface area contributed by atoms with Gasteiger partial charge in [0.2, 0.25) is 0 Å². The zero-order valence-corrected chi connectivity index (χ0v) is 9.91. The topological polar surface area (TPSA) is 41.7 Å². The fourth-order valence-electron chi connectivity index (χ4n) is 2.96. The predicted octanol–water partition coefficient (Wildman–Crippen LogP) is -0.260. The maximum Gasteiger partial charge on any atom is 0.0710 e. The van der Waals surface area contributed by atoms with Crippen LogP contribution in [-0.2, 0) is 4.74 Å². The lowest BCUT2D eigenvalue weighted by molar-refractivity contribution is 0.0770. The molecule has 0 aromatic carbocycles. The summed E-state index contributed by atoms with van der Waals surface area (Å²) in [4.78, 5) is 4.93. The normalized spacial score (nSPS) is 39.0. The Balaban J connectivity index is 2.01. The molecule has 2 heterocycles. The summed E-state index contributed by atoms with van der Waals surface area (Å²) in [5, 5.41) is 0. The minimum absolute atomic E-state index is 0.224. The number of hydrogen-bond donors (Lipinski definition) is 1. The van der Waals surface area contributed by atoms with E-state index in [9.17, 15) is 0 Å². The molecule has 0 bridgehead atoms. The molecule has 0 spiro atoms. The maximum atomic E-state index is 5.99. The number of hydrogen-bond acceptors (Lipinski definition) is 4. The van der Waals surface area contributed by atoms with Gasteiger partial charge in [-0.2, -0.15) is 0 Å². The summed E-state index contributed by atoms with van der Waals surface area (Å²) in [7, 11) is 3.99. The van der Waals surface area contributed by atoms with E-state index in [1.807, 2.05) is 7.11 Å². The maximum absolute atomic E-state index is 5.99. The molecular formula is C11H23N3O. The molecule has 2 rings (SSSR count). The Bertz CT molecular complexity index is 224. The Morgan fingerprint density at radius 1 is 1.47 bits per heavy atom. The third-order valence-electron chi connectivity index (χ3n) is 4.05. The molecule has 2 N–H and O–H groups in total. The van der Waals surface area contributed by atoms with Gasteiger partial charge in [-0.25, -0.2) is 0 Å². The van der Waals surface area contributed by atoms with Gasteiger partial charge in [0.25, 0.3) is 0 Å². The molecule has 2 atom stereocenters. The predicted molar refractivity (Wildman–Crippen MR) is 60.9 cm³/mol. The summed E-state index contributed by atoms with van der Waals surface area (Å²) in [5.41, 5.74) is 6.21. The second-order valence-corrected chi connectivity index (χ2v) is 5.01. The Hall–Kier alpha value is -0.160. The van der Waals surface area contributed by atoms with Crippen molar-refractivity contribution in [3.05, 3.63) is 0 Å². The average molecular weight is 213 g/mol. The molecular weight excluding hydrogens is 190 g/mol. The highest BCUT2D eigenvalue weighted by Crippen LogP contribution is 2.30. The Morgan fingerprint density at radius 3 is 2.73 bits per heavy atom. The summed E-state index contributed by atoms with van der Waals surface area (Å²) in [6.45, 7) is 5.25. The summed E-state index contributed by atoms with van der Waals surface area (Å²) in [6.07, 6.45) is 2.78. The van der Waals surface area contributed by atoms with Crippen molar-refractivity contribution in [2.75, 3.05) is 46.9 Å². The summed E-state index contributed by atoms with van der Waals surface area (Å²) >= 11 is 0. The van der Waals surface area contributed by atoms with Gasteiger partial charge in [-0.1, -0.05) is 0 Å². The molecule has 2 aliphatic rings. The van der Waals surface area contributed by atoms with E-state index >= 15 is 0 Å². The monoisotopic (exact) mass is 213 g/mol. The van der Waals surface area contributed by atoms with Crippen LogP contribution in [0.15, 0.2) is 0 Å². The third kappa shape index (κ3) is 2.04. The molecule has 0 aliphatic carbocycles. The quantitative estimate of drug-likeness (QED) is 0.701. The average Bonchev–Trinajstić information content (AvgIpc) is 2.84. The fourth-order valence-corrected chi connectivity index (χ4v) is 2.96. The van der Waals surface area contributed by atoms with Crippen LogP contribution >= 0.6 is 0 Å². The first-order valence-corrected chi connectivity index (χ1v) is 5.87. The van der Waals surface area contributed by atoms with Crippen molar-refractivity contribution in [2.24, 2.45) is 5.73 Å². The minimum atomic E-state index is 0.224. The summed E-state index contributed by atoms with van der Waals surface area (Å²) < 4.78 is 5.42. The first kappa shape index (κ1) is 11.3. The van der Waals surface area contributed by atoms with E-state index in [-0.39, 0.29) is 5.54 Å². The highest BCUT2D eigenvalue weighted by molar-refractivity contribution is 5.01. The highest BCUT2D eigenvalue weighted by Gasteiger charge is 2.43. The van der Waals surface area contributed by atoms with Crippen molar-refractivity contribution in [3.8, 4) is 0 Å². The number of nitrogens with two attached hydrogens (primary N) is 1. The molecule has 0 radical (unpaired) electrons. The minimum Gasteiger partial charge on any atom is -0.380 e. The van der Waals surface area contributed by atoms with Crippen LogP contribution in [0.4, 0.5) is 0 Å². The smallest absolute Gasteiger partial charge is 0.0710 e. The molecule has 2 aliphatic heterocycles. The van der Waals surface area contributed by atoms with E-state index in [4.69, 9.17) is 10.5 Å².